The summed E-state index contributed by atoms with van der Waals surface area (Å²) < 4.78 is 0. The first kappa shape index (κ1) is 19.5. The van der Waals surface area contributed by atoms with Gasteiger partial charge in [-0.3, -0.25) is 14.4 Å². The number of carbonyl (C=O) groups is 3. The average molecular weight is 369 g/mol. The van der Waals surface area contributed by atoms with Crippen LogP contribution in [0.4, 0.5) is 5.69 Å². The number of para-hydroxylation sites is 1. The van der Waals surface area contributed by atoms with Crippen LogP contribution < -0.4 is 16.0 Å². The van der Waals surface area contributed by atoms with Crippen LogP contribution in [0.3, 0.4) is 0 Å². The molecule has 0 spiro atoms. The number of anilines is 1. The summed E-state index contributed by atoms with van der Waals surface area (Å²) in [5.74, 6) is -3.82. The second-order valence-electron chi connectivity index (χ2n) is 5.46. The van der Waals surface area contributed by atoms with Crippen LogP contribution >= 0.6 is 0 Å². The molecule has 0 fully saturated rings. The fourth-order valence-corrected chi connectivity index (χ4v) is 2.15. The summed E-state index contributed by atoms with van der Waals surface area (Å²) in [5.41, 5.74) is 0.636. The van der Waals surface area contributed by atoms with Gasteiger partial charge in [0.25, 0.3) is 11.8 Å². The van der Waals surface area contributed by atoms with E-state index in [4.69, 9.17) is 5.11 Å². The van der Waals surface area contributed by atoms with Gasteiger partial charge in [0.15, 0.2) is 5.57 Å². The molecule has 0 bridgehead atoms. The number of hydrogen-bond donors (Lipinski definition) is 5. The van der Waals surface area contributed by atoms with Crippen LogP contribution in [0.2, 0.25) is 0 Å². The maximum absolute atomic E-state index is 12.5. The van der Waals surface area contributed by atoms with Crippen molar-refractivity contribution in [3.05, 3.63) is 77.7 Å². The summed E-state index contributed by atoms with van der Waals surface area (Å²) >= 11 is 0. The Kier molecular flexibility index (Phi) is 6.95. The Balaban J connectivity index is 2.19. The Bertz CT molecular complexity index is 835. The summed E-state index contributed by atoms with van der Waals surface area (Å²) in [6.45, 7) is -0.555. The van der Waals surface area contributed by atoms with Gasteiger partial charge in [-0.2, -0.15) is 0 Å². The highest BCUT2D eigenvalue weighted by molar-refractivity contribution is 6.19. The second-order valence-corrected chi connectivity index (χ2v) is 5.46. The highest BCUT2D eigenvalue weighted by Gasteiger charge is 2.24. The monoisotopic (exact) mass is 369 g/mol. The summed E-state index contributed by atoms with van der Waals surface area (Å²) in [4.78, 5) is 35.4. The van der Waals surface area contributed by atoms with Gasteiger partial charge in [-0.25, -0.2) is 0 Å². The topological polar surface area (TPSA) is 128 Å². The van der Waals surface area contributed by atoms with Crippen LogP contribution in [0.1, 0.15) is 5.56 Å². The molecule has 2 rings (SSSR count). The fourth-order valence-electron chi connectivity index (χ4n) is 2.15. The largest absolute Gasteiger partial charge is 0.494 e. The van der Waals surface area contributed by atoms with E-state index in [-0.39, 0.29) is 6.54 Å². The lowest BCUT2D eigenvalue weighted by atomic mass is 10.2. The van der Waals surface area contributed by atoms with Crippen LogP contribution in [-0.4, -0.2) is 34.5 Å². The van der Waals surface area contributed by atoms with Crippen molar-refractivity contribution in [2.45, 2.75) is 6.54 Å². The minimum Gasteiger partial charge on any atom is -0.494 e. The van der Waals surface area contributed by atoms with Gasteiger partial charge in [0.2, 0.25) is 5.88 Å². The number of rotatable bonds is 8. The van der Waals surface area contributed by atoms with Crippen molar-refractivity contribution in [3.63, 3.8) is 0 Å². The van der Waals surface area contributed by atoms with Crippen molar-refractivity contribution >= 4 is 23.5 Å². The maximum Gasteiger partial charge on any atom is 0.322 e. The molecule has 27 heavy (non-hydrogen) atoms. The number of benzene rings is 2. The zero-order chi connectivity index (χ0) is 19.6. The number of aliphatic carboxylic acids is 1. The zero-order valence-electron chi connectivity index (χ0n) is 14.3. The molecule has 2 amide bonds. The molecule has 0 aromatic heterocycles. The molecule has 140 valence electrons. The number of aliphatic hydroxyl groups excluding tert-OH is 1. The Morgan fingerprint density at radius 2 is 1.33 bits per heavy atom. The van der Waals surface area contributed by atoms with Crippen LogP contribution in [0.15, 0.2) is 72.1 Å². The van der Waals surface area contributed by atoms with Gasteiger partial charge in [0.05, 0.1) is 0 Å². The number of carboxylic acid groups (broad SMARTS) is 1. The molecule has 0 atom stereocenters. The van der Waals surface area contributed by atoms with Crippen molar-refractivity contribution in [3.8, 4) is 0 Å². The number of carboxylic acids is 1. The van der Waals surface area contributed by atoms with E-state index in [9.17, 15) is 19.5 Å². The SMILES string of the molecule is O=C(O)CNC(=O)/C(C(=O)NCc1ccccc1)=C(\O)Nc1ccccc1. The first-order chi connectivity index (χ1) is 13.0. The summed E-state index contributed by atoms with van der Waals surface area (Å²) in [5, 5.41) is 26.1. The molecule has 0 saturated carbocycles. The third kappa shape index (κ3) is 6.20. The Morgan fingerprint density at radius 3 is 1.93 bits per heavy atom. The first-order valence-electron chi connectivity index (χ1n) is 8.05. The van der Waals surface area contributed by atoms with Crippen molar-refractivity contribution in [2.24, 2.45) is 0 Å². The zero-order valence-corrected chi connectivity index (χ0v) is 14.3. The minimum absolute atomic E-state index is 0.133. The van der Waals surface area contributed by atoms with E-state index in [1.165, 1.54) is 0 Å². The van der Waals surface area contributed by atoms with Gasteiger partial charge in [0.1, 0.15) is 6.54 Å². The standard InChI is InChI=1S/C19H19N3O5/c23-15(24)12-21-18(26)16(19(27)22-14-9-5-2-6-10-14)17(25)20-11-13-7-3-1-4-8-13/h1-10,22,27H,11-12H2,(H,20,25)(H,21,26)(H,23,24)/b19-16-. The highest BCUT2D eigenvalue weighted by Crippen LogP contribution is 2.11. The molecule has 0 aliphatic heterocycles. The van der Waals surface area contributed by atoms with E-state index in [2.05, 4.69) is 16.0 Å². The highest BCUT2D eigenvalue weighted by atomic mass is 16.4. The lowest BCUT2D eigenvalue weighted by Crippen LogP contribution is -2.38. The van der Waals surface area contributed by atoms with Gasteiger partial charge in [-0.05, 0) is 17.7 Å². The number of aliphatic hydroxyl groups is 1. The molecule has 0 unspecified atom stereocenters. The molecule has 0 heterocycles. The van der Waals surface area contributed by atoms with E-state index < -0.39 is 35.8 Å². The molecular formula is C19H19N3O5. The quantitative estimate of drug-likeness (QED) is 0.207. The lowest BCUT2D eigenvalue weighted by Gasteiger charge is -2.13. The van der Waals surface area contributed by atoms with Gasteiger partial charge >= 0.3 is 5.97 Å². The van der Waals surface area contributed by atoms with Crippen molar-refractivity contribution in [1.82, 2.24) is 10.6 Å². The van der Waals surface area contributed by atoms with Gasteiger partial charge in [-0.15, -0.1) is 0 Å². The molecule has 2 aromatic rings. The molecular weight excluding hydrogens is 350 g/mol. The molecule has 0 saturated heterocycles. The third-order valence-corrected chi connectivity index (χ3v) is 3.42. The van der Waals surface area contributed by atoms with Gasteiger partial charge < -0.3 is 26.2 Å². The molecule has 0 aliphatic carbocycles. The van der Waals surface area contributed by atoms with Crippen LogP contribution in [0.5, 0.6) is 0 Å². The normalized spacial score (nSPS) is 11.1. The minimum atomic E-state index is -1.28. The number of carbonyl (C=O) groups excluding carboxylic acids is 2. The van der Waals surface area contributed by atoms with Gasteiger partial charge in [-0.1, -0.05) is 48.5 Å². The van der Waals surface area contributed by atoms with Crippen LogP contribution in [0, 0.1) is 0 Å². The van der Waals surface area contributed by atoms with Crippen molar-refractivity contribution in [1.29, 1.82) is 0 Å². The average Bonchev–Trinajstić information content (AvgIpc) is 2.66. The second kappa shape index (κ2) is 9.62. The number of hydrogen-bond acceptors (Lipinski definition) is 5. The summed E-state index contributed by atoms with van der Waals surface area (Å²) in [6.07, 6.45) is 0. The Hall–Kier alpha value is -3.81. The summed E-state index contributed by atoms with van der Waals surface area (Å²) in [6, 6.07) is 17.4. The molecule has 2 aromatic carbocycles. The van der Waals surface area contributed by atoms with E-state index >= 15 is 0 Å². The fraction of sp³-hybridized carbons (Fsp3) is 0.105. The predicted molar refractivity (Wildman–Crippen MR) is 98.7 cm³/mol. The maximum atomic E-state index is 12.5. The predicted octanol–water partition coefficient (Wildman–Crippen LogP) is 1.39. The van der Waals surface area contributed by atoms with E-state index in [0.29, 0.717) is 5.69 Å². The van der Waals surface area contributed by atoms with Crippen LogP contribution in [0.25, 0.3) is 0 Å². The smallest absolute Gasteiger partial charge is 0.322 e. The van der Waals surface area contributed by atoms with E-state index in [0.717, 1.165) is 5.56 Å². The van der Waals surface area contributed by atoms with E-state index in [1.54, 1.807) is 54.6 Å². The number of amides is 2. The molecule has 0 radical (unpaired) electrons. The van der Waals surface area contributed by atoms with E-state index in [1.807, 2.05) is 6.07 Å². The Labute approximate surface area is 155 Å². The number of nitrogens with one attached hydrogen (secondary N) is 3. The molecule has 8 heteroatoms. The van der Waals surface area contributed by atoms with Crippen molar-refractivity contribution < 1.29 is 24.6 Å². The Morgan fingerprint density at radius 1 is 0.778 bits per heavy atom. The first-order valence-corrected chi connectivity index (χ1v) is 8.05. The van der Waals surface area contributed by atoms with Crippen molar-refractivity contribution in [2.75, 3.05) is 11.9 Å². The van der Waals surface area contributed by atoms with Gasteiger partial charge in [0, 0.05) is 12.2 Å². The van der Waals surface area contributed by atoms with Crippen LogP contribution in [-0.2, 0) is 20.9 Å². The third-order valence-electron chi connectivity index (χ3n) is 3.42. The molecule has 5 N–H and O–H groups in total. The molecule has 0 aliphatic rings. The lowest BCUT2D eigenvalue weighted by molar-refractivity contribution is -0.137. The summed E-state index contributed by atoms with van der Waals surface area (Å²) in [7, 11) is 0. The molecule has 8 nitrogen and oxygen atoms in total.